The summed E-state index contributed by atoms with van der Waals surface area (Å²) in [7, 11) is 0. The monoisotopic (exact) mass is 209 g/mol. The second-order valence-electron chi connectivity index (χ2n) is 4.08. The highest BCUT2D eigenvalue weighted by Crippen LogP contribution is 2.20. The molecule has 2 heterocycles. The zero-order chi connectivity index (χ0) is 10.7. The second kappa shape index (κ2) is 4.55. The fraction of sp³-hybridized carbons (Fsp3) is 0.636. The fourth-order valence-electron chi connectivity index (χ4n) is 1.88. The molecule has 1 aliphatic rings. The summed E-state index contributed by atoms with van der Waals surface area (Å²) in [6.07, 6.45) is 3.60. The van der Waals surface area contributed by atoms with E-state index in [1.54, 1.807) is 6.20 Å². The molecule has 1 fully saturated rings. The van der Waals surface area contributed by atoms with E-state index in [-0.39, 0.29) is 12.6 Å². The van der Waals surface area contributed by atoms with E-state index in [4.69, 9.17) is 0 Å². The molecule has 0 unspecified atom stereocenters. The first-order chi connectivity index (χ1) is 7.29. The normalized spacial score (nSPS) is 18.1. The standard InChI is InChI=1S/C11H16FN3/c1-9-2-5-13-11(14-9)15-6-3-10(8-12)4-7-15/h2,5,10H,3-4,6-8H2,1H3. The quantitative estimate of drug-likeness (QED) is 0.745. The number of aromatic nitrogens is 2. The number of halogens is 1. The van der Waals surface area contributed by atoms with Gasteiger partial charge >= 0.3 is 0 Å². The fourth-order valence-corrected chi connectivity index (χ4v) is 1.88. The molecule has 0 N–H and O–H groups in total. The third kappa shape index (κ3) is 2.43. The van der Waals surface area contributed by atoms with E-state index in [1.807, 2.05) is 13.0 Å². The molecule has 0 saturated carbocycles. The van der Waals surface area contributed by atoms with Crippen LogP contribution < -0.4 is 4.90 Å². The molecule has 0 bridgehead atoms. The van der Waals surface area contributed by atoms with Gasteiger partial charge in [0.15, 0.2) is 0 Å². The molecule has 0 aromatic carbocycles. The number of aryl methyl sites for hydroxylation is 1. The van der Waals surface area contributed by atoms with Crippen LogP contribution in [0, 0.1) is 12.8 Å². The maximum Gasteiger partial charge on any atom is 0.225 e. The van der Waals surface area contributed by atoms with Gasteiger partial charge in [-0.3, -0.25) is 4.39 Å². The van der Waals surface area contributed by atoms with Gasteiger partial charge in [-0.25, -0.2) is 9.97 Å². The van der Waals surface area contributed by atoms with Crippen LogP contribution >= 0.6 is 0 Å². The van der Waals surface area contributed by atoms with Crippen molar-refractivity contribution in [2.24, 2.45) is 5.92 Å². The van der Waals surface area contributed by atoms with Crippen molar-refractivity contribution in [1.29, 1.82) is 0 Å². The summed E-state index contributed by atoms with van der Waals surface area (Å²) in [6, 6.07) is 1.89. The summed E-state index contributed by atoms with van der Waals surface area (Å²) in [6.45, 7) is 3.51. The average molecular weight is 209 g/mol. The molecule has 3 nitrogen and oxygen atoms in total. The van der Waals surface area contributed by atoms with E-state index in [9.17, 15) is 4.39 Å². The predicted molar refractivity (Wildman–Crippen MR) is 57.7 cm³/mol. The van der Waals surface area contributed by atoms with Crippen LogP contribution in [0.5, 0.6) is 0 Å². The van der Waals surface area contributed by atoms with Crippen LogP contribution in [0.2, 0.25) is 0 Å². The van der Waals surface area contributed by atoms with Crippen LogP contribution in [0.25, 0.3) is 0 Å². The van der Waals surface area contributed by atoms with Crippen molar-refractivity contribution in [3.8, 4) is 0 Å². The van der Waals surface area contributed by atoms with E-state index in [2.05, 4.69) is 14.9 Å². The summed E-state index contributed by atoms with van der Waals surface area (Å²) >= 11 is 0. The van der Waals surface area contributed by atoms with Gasteiger partial charge in [-0.15, -0.1) is 0 Å². The number of hydrogen-bond acceptors (Lipinski definition) is 3. The Hall–Kier alpha value is -1.19. The van der Waals surface area contributed by atoms with Crippen LogP contribution in [0.3, 0.4) is 0 Å². The Morgan fingerprint density at radius 2 is 2.20 bits per heavy atom. The SMILES string of the molecule is Cc1ccnc(N2CCC(CF)CC2)n1. The molecule has 2 rings (SSSR count). The predicted octanol–water partition coefficient (Wildman–Crippen LogP) is 1.97. The zero-order valence-electron chi connectivity index (χ0n) is 8.99. The molecule has 15 heavy (non-hydrogen) atoms. The topological polar surface area (TPSA) is 29.0 Å². The lowest BCUT2D eigenvalue weighted by Crippen LogP contribution is -2.35. The van der Waals surface area contributed by atoms with Crippen molar-refractivity contribution in [3.05, 3.63) is 18.0 Å². The highest BCUT2D eigenvalue weighted by molar-refractivity contribution is 5.30. The van der Waals surface area contributed by atoms with Crippen LogP contribution in [-0.2, 0) is 0 Å². The van der Waals surface area contributed by atoms with Crippen molar-refractivity contribution >= 4 is 5.95 Å². The Morgan fingerprint density at radius 1 is 1.47 bits per heavy atom. The molecule has 1 aromatic rings. The number of alkyl halides is 1. The molecule has 4 heteroatoms. The maximum atomic E-state index is 12.4. The van der Waals surface area contributed by atoms with Gasteiger partial charge < -0.3 is 4.90 Å². The largest absolute Gasteiger partial charge is 0.341 e. The molecule has 1 saturated heterocycles. The Labute approximate surface area is 89.3 Å². The van der Waals surface area contributed by atoms with Gasteiger partial charge in [0.2, 0.25) is 5.95 Å². The van der Waals surface area contributed by atoms with E-state index < -0.39 is 0 Å². The Kier molecular flexibility index (Phi) is 3.14. The lowest BCUT2D eigenvalue weighted by Gasteiger charge is -2.30. The Morgan fingerprint density at radius 3 is 2.80 bits per heavy atom. The second-order valence-corrected chi connectivity index (χ2v) is 4.08. The molecule has 0 aliphatic carbocycles. The Balaban J connectivity index is 2.01. The van der Waals surface area contributed by atoms with Crippen molar-refractivity contribution in [2.75, 3.05) is 24.7 Å². The molecule has 82 valence electrons. The van der Waals surface area contributed by atoms with Crippen LogP contribution in [-0.4, -0.2) is 29.7 Å². The van der Waals surface area contributed by atoms with Crippen molar-refractivity contribution in [2.45, 2.75) is 19.8 Å². The summed E-state index contributed by atoms with van der Waals surface area (Å²) < 4.78 is 12.4. The van der Waals surface area contributed by atoms with Crippen LogP contribution in [0.1, 0.15) is 18.5 Å². The number of rotatable bonds is 2. The highest BCUT2D eigenvalue weighted by atomic mass is 19.1. The van der Waals surface area contributed by atoms with Gasteiger partial charge in [0, 0.05) is 25.0 Å². The number of hydrogen-bond donors (Lipinski definition) is 0. The minimum atomic E-state index is -0.192. The summed E-state index contributed by atoms with van der Waals surface area (Å²) in [5, 5.41) is 0. The molecule has 0 amide bonds. The summed E-state index contributed by atoms with van der Waals surface area (Å²) in [5.74, 6) is 1.03. The van der Waals surface area contributed by atoms with E-state index in [0.717, 1.165) is 37.6 Å². The first-order valence-corrected chi connectivity index (χ1v) is 5.40. The van der Waals surface area contributed by atoms with Gasteiger partial charge in [-0.05, 0) is 31.7 Å². The smallest absolute Gasteiger partial charge is 0.225 e. The molecular formula is C11H16FN3. The molecular weight excluding hydrogens is 193 g/mol. The average Bonchev–Trinajstić information content (AvgIpc) is 2.29. The summed E-state index contributed by atoms with van der Waals surface area (Å²) in [5.41, 5.74) is 0.979. The van der Waals surface area contributed by atoms with Gasteiger partial charge in [0.25, 0.3) is 0 Å². The summed E-state index contributed by atoms with van der Waals surface area (Å²) in [4.78, 5) is 10.7. The third-order valence-electron chi connectivity index (χ3n) is 2.90. The van der Waals surface area contributed by atoms with E-state index in [1.165, 1.54) is 0 Å². The minimum Gasteiger partial charge on any atom is -0.341 e. The van der Waals surface area contributed by atoms with E-state index in [0.29, 0.717) is 0 Å². The lowest BCUT2D eigenvalue weighted by molar-refractivity contribution is 0.306. The first-order valence-electron chi connectivity index (χ1n) is 5.40. The maximum absolute atomic E-state index is 12.4. The molecule has 0 atom stereocenters. The number of anilines is 1. The van der Waals surface area contributed by atoms with Crippen LogP contribution in [0.4, 0.5) is 10.3 Å². The minimum absolute atomic E-state index is 0.192. The lowest BCUT2D eigenvalue weighted by atomic mass is 9.99. The third-order valence-corrected chi connectivity index (χ3v) is 2.90. The molecule has 1 aliphatic heterocycles. The van der Waals surface area contributed by atoms with Gasteiger partial charge in [0.1, 0.15) is 0 Å². The van der Waals surface area contributed by atoms with Crippen LogP contribution in [0.15, 0.2) is 12.3 Å². The molecule has 1 aromatic heterocycles. The molecule has 0 spiro atoms. The Bertz CT molecular complexity index is 321. The first kappa shape index (κ1) is 10.3. The van der Waals surface area contributed by atoms with Gasteiger partial charge in [0.05, 0.1) is 6.67 Å². The van der Waals surface area contributed by atoms with E-state index >= 15 is 0 Å². The highest BCUT2D eigenvalue weighted by Gasteiger charge is 2.20. The zero-order valence-corrected chi connectivity index (χ0v) is 8.99. The van der Waals surface area contributed by atoms with Crippen molar-refractivity contribution in [1.82, 2.24) is 9.97 Å². The number of piperidine rings is 1. The van der Waals surface area contributed by atoms with Gasteiger partial charge in [-0.2, -0.15) is 0 Å². The molecule has 0 radical (unpaired) electrons. The number of nitrogens with zero attached hydrogens (tertiary/aromatic N) is 3. The van der Waals surface area contributed by atoms with Crippen molar-refractivity contribution in [3.63, 3.8) is 0 Å². The van der Waals surface area contributed by atoms with Crippen molar-refractivity contribution < 1.29 is 4.39 Å². The van der Waals surface area contributed by atoms with Gasteiger partial charge in [-0.1, -0.05) is 0 Å².